The standard InChI is InChI=1S/C26H14N4O2S/c1-11-3-7-15-17(9-11)29-23(27-15)13-5-6-14-20-19(13)21(25(29)31)33-22(20)26(32)30-18-10-12(2)4-8-16(18)28-24(14)30/h3-10H,1-2H3. The highest BCUT2D eigenvalue weighted by Crippen LogP contribution is 2.41. The van der Waals surface area contributed by atoms with E-state index in [2.05, 4.69) is 0 Å². The zero-order valence-electron chi connectivity index (χ0n) is 17.6. The molecule has 5 aromatic heterocycles. The zero-order valence-corrected chi connectivity index (χ0v) is 18.4. The van der Waals surface area contributed by atoms with E-state index in [4.69, 9.17) is 9.97 Å². The number of aryl methyl sites for hydroxylation is 2. The van der Waals surface area contributed by atoms with Crippen LogP contribution in [0.25, 0.3) is 64.3 Å². The third-order valence-electron chi connectivity index (χ3n) is 6.76. The first-order chi connectivity index (χ1) is 16.0. The lowest BCUT2D eigenvalue weighted by Crippen LogP contribution is -2.12. The Balaban J connectivity index is 1.69. The SMILES string of the molecule is Cc1ccc2nc3c4ccc5c6c(sc(c(=O)n3c2c1)c46)c(=O)n1c2cc(C)ccc2nc51. The molecule has 0 bridgehead atoms. The number of hydrogen-bond acceptors (Lipinski definition) is 5. The fraction of sp³-hybridized carbons (Fsp3) is 0.0769. The average molecular weight is 446 g/mol. The largest absolute Gasteiger partial charge is 0.274 e. The molecule has 5 heterocycles. The van der Waals surface area contributed by atoms with Crippen LogP contribution in [0.4, 0.5) is 0 Å². The maximum absolute atomic E-state index is 13.7. The van der Waals surface area contributed by atoms with E-state index < -0.39 is 0 Å². The Morgan fingerprint density at radius 3 is 1.58 bits per heavy atom. The van der Waals surface area contributed by atoms with Gasteiger partial charge in [0.2, 0.25) is 0 Å². The van der Waals surface area contributed by atoms with Crippen LogP contribution < -0.4 is 11.1 Å². The van der Waals surface area contributed by atoms with E-state index in [9.17, 15) is 9.59 Å². The first-order valence-electron chi connectivity index (χ1n) is 10.7. The van der Waals surface area contributed by atoms with Crippen LogP contribution in [-0.4, -0.2) is 18.8 Å². The van der Waals surface area contributed by atoms with E-state index >= 15 is 0 Å². The summed E-state index contributed by atoms with van der Waals surface area (Å²) in [4.78, 5) is 37.0. The van der Waals surface area contributed by atoms with Gasteiger partial charge in [-0.25, -0.2) is 9.97 Å². The molecule has 8 rings (SSSR count). The summed E-state index contributed by atoms with van der Waals surface area (Å²) < 4.78 is 4.56. The van der Waals surface area contributed by atoms with E-state index in [0.717, 1.165) is 54.7 Å². The second kappa shape index (κ2) is 5.44. The molecule has 8 aromatic rings. The topological polar surface area (TPSA) is 68.7 Å². The van der Waals surface area contributed by atoms with Crippen molar-refractivity contribution in [2.45, 2.75) is 13.8 Å². The molecule has 0 spiro atoms. The summed E-state index contributed by atoms with van der Waals surface area (Å²) in [7, 11) is 0. The predicted octanol–water partition coefficient (Wildman–Crippen LogP) is 5.02. The quantitative estimate of drug-likeness (QED) is 0.307. The summed E-state index contributed by atoms with van der Waals surface area (Å²) in [5, 5.41) is 3.40. The highest BCUT2D eigenvalue weighted by atomic mass is 32.1. The molecule has 0 radical (unpaired) electrons. The number of nitrogens with zero attached hydrogens (tertiary/aromatic N) is 4. The normalized spacial score (nSPS) is 12.8. The molecular weight excluding hydrogens is 432 g/mol. The van der Waals surface area contributed by atoms with Crippen molar-refractivity contribution in [3.05, 3.63) is 80.4 Å². The summed E-state index contributed by atoms with van der Waals surface area (Å²) in [5.74, 6) is 0. The van der Waals surface area contributed by atoms with Crippen molar-refractivity contribution in [1.82, 2.24) is 18.8 Å². The molecule has 156 valence electrons. The number of rotatable bonds is 0. The maximum Gasteiger partial charge on any atom is 0.274 e. The molecule has 0 saturated heterocycles. The molecule has 0 aliphatic rings. The van der Waals surface area contributed by atoms with Crippen LogP contribution >= 0.6 is 11.3 Å². The van der Waals surface area contributed by atoms with Crippen molar-refractivity contribution < 1.29 is 0 Å². The first kappa shape index (κ1) is 17.5. The van der Waals surface area contributed by atoms with Crippen LogP contribution in [0, 0.1) is 13.8 Å². The number of thiophene rings is 1. The van der Waals surface area contributed by atoms with Gasteiger partial charge < -0.3 is 0 Å². The molecule has 0 atom stereocenters. The molecule has 6 nitrogen and oxygen atoms in total. The highest BCUT2D eigenvalue weighted by Gasteiger charge is 2.24. The van der Waals surface area contributed by atoms with Gasteiger partial charge in [-0.05, 0) is 61.4 Å². The number of pyridine rings is 2. The monoisotopic (exact) mass is 446 g/mol. The number of fused-ring (bicyclic) bond motifs is 8. The molecule has 0 aliphatic carbocycles. The van der Waals surface area contributed by atoms with Crippen molar-refractivity contribution in [3.63, 3.8) is 0 Å². The molecule has 3 aromatic carbocycles. The Morgan fingerprint density at radius 1 is 0.667 bits per heavy atom. The lowest BCUT2D eigenvalue weighted by atomic mass is 10.0. The van der Waals surface area contributed by atoms with Crippen molar-refractivity contribution in [2.24, 2.45) is 0 Å². The molecule has 0 amide bonds. The zero-order chi connectivity index (χ0) is 22.2. The summed E-state index contributed by atoms with van der Waals surface area (Å²) in [6, 6.07) is 15.9. The van der Waals surface area contributed by atoms with Crippen molar-refractivity contribution >= 4 is 75.6 Å². The average Bonchev–Trinajstić information content (AvgIpc) is 3.49. The molecule has 0 N–H and O–H groups in total. The molecule has 0 aliphatic heterocycles. The third kappa shape index (κ3) is 1.91. The van der Waals surface area contributed by atoms with Gasteiger partial charge in [0.15, 0.2) is 0 Å². The van der Waals surface area contributed by atoms with Crippen LogP contribution in [0.2, 0.25) is 0 Å². The Morgan fingerprint density at radius 2 is 1.12 bits per heavy atom. The van der Waals surface area contributed by atoms with Gasteiger partial charge in [-0.3, -0.25) is 18.4 Å². The van der Waals surface area contributed by atoms with Gasteiger partial charge in [0.25, 0.3) is 11.1 Å². The summed E-state index contributed by atoms with van der Waals surface area (Å²) in [6.45, 7) is 4.01. The van der Waals surface area contributed by atoms with Gasteiger partial charge >= 0.3 is 0 Å². The third-order valence-corrected chi connectivity index (χ3v) is 7.93. The van der Waals surface area contributed by atoms with E-state index in [1.54, 1.807) is 8.80 Å². The number of imidazole rings is 2. The van der Waals surface area contributed by atoms with Crippen LogP contribution in [0.3, 0.4) is 0 Å². The molecular formula is C26H14N4O2S. The van der Waals surface area contributed by atoms with Crippen LogP contribution in [0.5, 0.6) is 0 Å². The Labute approximate surface area is 188 Å². The fourth-order valence-corrected chi connectivity index (χ4v) is 6.49. The highest BCUT2D eigenvalue weighted by molar-refractivity contribution is 7.26. The lowest BCUT2D eigenvalue weighted by molar-refractivity contribution is 1.19. The van der Waals surface area contributed by atoms with Crippen molar-refractivity contribution in [2.75, 3.05) is 0 Å². The van der Waals surface area contributed by atoms with Gasteiger partial charge in [0.05, 0.1) is 22.1 Å². The molecule has 0 saturated carbocycles. The molecule has 7 heteroatoms. The lowest BCUT2D eigenvalue weighted by Gasteiger charge is -2.05. The summed E-state index contributed by atoms with van der Waals surface area (Å²) in [6.07, 6.45) is 0. The van der Waals surface area contributed by atoms with Gasteiger partial charge in [0, 0.05) is 21.5 Å². The fourth-order valence-electron chi connectivity index (χ4n) is 5.30. The summed E-state index contributed by atoms with van der Waals surface area (Å²) in [5.41, 5.74) is 6.31. The second-order valence-electron chi connectivity index (χ2n) is 8.81. The Hall–Kier alpha value is -4.10. The minimum absolute atomic E-state index is 0.128. The molecule has 33 heavy (non-hydrogen) atoms. The number of hydrogen-bond donors (Lipinski definition) is 0. The van der Waals surface area contributed by atoms with E-state index in [0.29, 0.717) is 20.7 Å². The van der Waals surface area contributed by atoms with E-state index in [1.165, 1.54) is 11.3 Å². The maximum atomic E-state index is 13.7. The number of benzene rings is 3. The first-order valence-corrected chi connectivity index (χ1v) is 11.5. The smallest absolute Gasteiger partial charge is 0.267 e. The van der Waals surface area contributed by atoms with Crippen LogP contribution in [0.15, 0.2) is 58.1 Å². The Kier molecular flexibility index (Phi) is 2.88. The van der Waals surface area contributed by atoms with E-state index in [1.807, 2.05) is 62.4 Å². The van der Waals surface area contributed by atoms with Gasteiger partial charge in [0.1, 0.15) is 20.7 Å². The predicted molar refractivity (Wildman–Crippen MR) is 134 cm³/mol. The second-order valence-corrected chi connectivity index (χ2v) is 9.83. The number of aromatic nitrogens is 4. The van der Waals surface area contributed by atoms with Gasteiger partial charge in [-0.15, -0.1) is 11.3 Å². The molecule has 0 fully saturated rings. The minimum atomic E-state index is -0.128. The van der Waals surface area contributed by atoms with E-state index in [-0.39, 0.29) is 11.1 Å². The van der Waals surface area contributed by atoms with Gasteiger partial charge in [-0.2, -0.15) is 0 Å². The summed E-state index contributed by atoms with van der Waals surface area (Å²) >= 11 is 1.28. The molecule has 0 unspecified atom stereocenters. The minimum Gasteiger partial charge on any atom is -0.267 e. The van der Waals surface area contributed by atoms with Crippen LogP contribution in [-0.2, 0) is 0 Å². The Bertz CT molecular complexity index is 2100. The van der Waals surface area contributed by atoms with Crippen molar-refractivity contribution in [1.29, 1.82) is 0 Å². The van der Waals surface area contributed by atoms with Crippen LogP contribution in [0.1, 0.15) is 11.1 Å². The van der Waals surface area contributed by atoms with Gasteiger partial charge in [-0.1, -0.05) is 12.1 Å². The van der Waals surface area contributed by atoms with Crippen molar-refractivity contribution in [3.8, 4) is 0 Å².